The molecule has 1 aromatic heterocycles. The molecule has 0 radical (unpaired) electrons. The number of amides is 2. The highest BCUT2D eigenvalue weighted by Gasteiger charge is 2.36. The van der Waals surface area contributed by atoms with Crippen LogP contribution in [-0.2, 0) is 25.5 Å². The lowest BCUT2D eigenvalue weighted by Gasteiger charge is -2.36. The zero-order valence-corrected chi connectivity index (χ0v) is 32.5. The molecule has 2 amide bonds. The summed E-state index contributed by atoms with van der Waals surface area (Å²) >= 11 is 1.24. The largest absolute Gasteiger partial charge is 0.455 e. The second kappa shape index (κ2) is 19.2. The molecule has 3 aromatic rings. The first kappa shape index (κ1) is 40.8. The lowest BCUT2D eigenvalue weighted by molar-refractivity contribution is -0.148. The third-order valence-electron chi connectivity index (χ3n) is 9.94. The maximum Gasteiger partial charge on any atom is 0.303 e. The number of ether oxygens (including phenoxy) is 1. The van der Waals surface area contributed by atoms with Crippen molar-refractivity contribution in [3.63, 3.8) is 0 Å². The van der Waals surface area contributed by atoms with Gasteiger partial charge < -0.3 is 15.0 Å². The molecule has 1 aliphatic rings. The summed E-state index contributed by atoms with van der Waals surface area (Å²) in [7, 11) is 3.64. The monoisotopic (exact) mass is 734 g/mol. The van der Waals surface area contributed by atoms with E-state index in [1.807, 2.05) is 51.2 Å². The molecule has 2 heterocycles. The molecule has 0 aliphatic carbocycles. The summed E-state index contributed by atoms with van der Waals surface area (Å²) < 4.78 is 19.8. The standard InChI is InChI=1S/C41H55FN4O5S/c1-26(2)21-32(22-29-13-9-8-10-14-29)43-39(49)34-25-52-40(44-34)38(51-28(5)47)24-36(27(3)4)46(7)41(50)33(30-16-18-31(42)19-17-30)23-37(48)35-15-11-12-20-45(35)6/h8-10,13-14,16-19,25-27,32-33,35-36,38H,11-12,15,20-24H2,1-7H3,(H,43,49)/t32-,33+,35-,36-,38-/m1/s1. The van der Waals surface area contributed by atoms with E-state index in [0.717, 1.165) is 37.8 Å². The van der Waals surface area contributed by atoms with Gasteiger partial charge in [0.1, 0.15) is 16.5 Å². The van der Waals surface area contributed by atoms with Crippen LogP contribution >= 0.6 is 11.3 Å². The first-order chi connectivity index (χ1) is 24.7. The Bertz CT molecular complexity index is 1630. The van der Waals surface area contributed by atoms with E-state index < -0.39 is 29.9 Å². The Morgan fingerprint density at radius 1 is 1.02 bits per heavy atom. The molecule has 0 spiro atoms. The maximum atomic E-state index is 14.4. The van der Waals surface area contributed by atoms with Crippen molar-refractivity contribution >= 4 is 34.9 Å². The van der Waals surface area contributed by atoms with Gasteiger partial charge in [0, 0.05) is 44.3 Å². The van der Waals surface area contributed by atoms with E-state index in [1.54, 1.807) is 29.5 Å². The third kappa shape index (κ3) is 11.5. The van der Waals surface area contributed by atoms with Gasteiger partial charge in [0.15, 0.2) is 11.9 Å². The zero-order valence-electron chi connectivity index (χ0n) is 31.6. The Kier molecular flexibility index (Phi) is 15.1. The van der Waals surface area contributed by atoms with Crippen LogP contribution in [0.15, 0.2) is 60.0 Å². The Hall–Kier alpha value is -3.96. The normalized spacial score (nSPS) is 17.3. The topological polar surface area (TPSA) is 109 Å². The molecule has 0 bridgehead atoms. The number of rotatable bonds is 17. The number of Topliss-reactive ketones (excluding diaryl/α,β-unsaturated/α-hetero) is 1. The summed E-state index contributed by atoms with van der Waals surface area (Å²) in [5, 5.41) is 5.30. The molecule has 9 nitrogen and oxygen atoms in total. The minimum atomic E-state index is -0.815. The average molecular weight is 735 g/mol. The SMILES string of the molecule is CC(=O)O[C@H](C[C@H](C(C)C)N(C)C(=O)[C@@H](CC(=O)[C@H]1CCCCN1C)c1ccc(F)cc1)c1nc(C(=O)N[C@@H](Cc2ccccc2)CC(C)C)cs1. The van der Waals surface area contributed by atoms with Crippen LogP contribution in [0.4, 0.5) is 4.39 Å². The predicted molar refractivity (Wildman–Crippen MR) is 203 cm³/mol. The Balaban J connectivity index is 1.55. The number of carbonyl (C=O) groups excluding carboxylic acids is 4. The van der Waals surface area contributed by atoms with E-state index in [4.69, 9.17) is 4.74 Å². The number of hydrogen-bond acceptors (Lipinski definition) is 8. The van der Waals surface area contributed by atoms with Gasteiger partial charge >= 0.3 is 5.97 Å². The Morgan fingerprint density at radius 2 is 1.71 bits per heavy atom. The van der Waals surface area contributed by atoms with Gasteiger partial charge in [-0.2, -0.15) is 0 Å². The number of nitrogens with zero attached hydrogens (tertiary/aromatic N) is 3. The van der Waals surface area contributed by atoms with Gasteiger partial charge in [-0.1, -0.05) is 76.6 Å². The quantitative estimate of drug-likeness (QED) is 0.144. The van der Waals surface area contributed by atoms with Gasteiger partial charge in [0.2, 0.25) is 5.91 Å². The average Bonchev–Trinajstić information content (AvgIpc) is 3.60. The Labute approximate surface area is 312 Å². The van der Waals surface area contributed by atoms with Crippen LogP contribution in [-0.4, -0.2) is 77.1 Å². The number of carbonyl (C=O) groups is 4. The minimum Gasteiger partial charge on any atom is -0.455 e. The van der Waals surface area contributed by atoms with Gasteiger partial charge in [-0.15, -0.1) is 11.3 Å². The third-order valence-corrected chi connectivity index (χ3v) is 10.9. The van der Waals surface area contributed by atoms with E-state index in [-0.39, 0.29) is 54.1 Å². The van der Waals surface area contributed by atoms with Crippen molar-refractivity contribution in [2.75, 3.05) is 20.6 Å². The molecule has 1 saturated heterocycles. The zero-order chi connectivity index (χ0) is 37.9. The fourth-order valence-corrected chi connectivity index (χ4v) is 8.07. The number of nitrogens with one attached hydrogen (secondary N) is 1. The molecule has 0 saturated carbocycles. The number of benzene rings is 2. The van der Waals surface area contributed by atoms with Crippen LogP contribution in [0.25, 0.3) is 0 Å². The number of likely N-dealkylation sites (N-methyl/N-ethyl adjacent to an activating group) is 2. The second-order valence-electron chi connectivity index (χ2n) is 14.9. The van der Waals surface area contributed by atoms with Gasteiger partial charge in [0.05, 0.1) is 12.0 Å². The van der Waals surface area contributed by atoms with Crippen molar-refractivity contribution in [1.82, 2.24) is 20.1 Å². The number of aromatic nitrogens is 1. The molecular weight excluding hydrogens is 680 g/mol. The number of piperidine rings is 1. The first-order valence-electron chi connectivity index (χ1n) is 18.5. The van der Waals surface area contributed by atoms with Gasteiger partial charge in [-0.3, -0.25) is 24.1 Å². The number of hydrogen-bond donors (Lipinski definition) is 1. The molecule has 282 valence electrons. The molecular formula is C41H55FN4O5S. The van der Waals surface area contributed by atoms with Crippen LogP contribution < -0.4 is 5.32 Å². The number of esters is 1. The van der Waals surface area contributed by atoms with E-state index in [9.17, 15) is 23.6 Å². The number of likely N-dealkylation sites (tertiary alicyclic amines) is 1. The summed E-state index contributed by atoms with van der Waals surface area (Å²) in [6, 6.07) is 15.0. The molecule has 5 atom stereocenters. The van der Waals surface area contributed by atoms with Crippen LogP contribution in [0.5, 0.6) is 0 Å². The van der Waals surface area contributed by atoms with Crippen molar-refractivity contribution in [2.24, 2.45) is 11.8 Å². The van der Waals surface area contributed by atoms with E-state index in [2.05, 4.69) is 29.0 Å². The van der Waals surface area contributed by atoms with E-state index in [1.165, 1.54) is 30.4 Å². The summed E-state index contributed by atoms with van der Waals surface area (Å²) in [6.07, 6.45) is 3.62. The van der Waals surface area contributed by atoms with Gasteiger partial charge in [0.25, 0.3) is 5.91 Å². The first-order valence-corrected chi connectivity index (χ1v) is 19.3. The van der Waals surface area contributed by atoms with Crippen LogP contribution in [0, 0.1) is 17.7 Å². The molecule has 11 heteroatoms. The van der Waals surface area contributed by atoms with Gasteiger partial charge in [-0.05, 0) is 74.4 Å². The number of ketones is 1. The predicted octanol–water partition coefficient (Wildman–Crippen LogP) is 7.37. The van der Waals surface area contributed by atoms with Crippen molar-refractivity contribution < 1.29 is 28.3 Å². The Morgan fingerprint density at radius 3 is 2.33 bits per heavy atom. The highest BCUT2D eigenvalue weighted by molar-refractivity contribution is 7.09. The van der Waals surface area contributed by atoms with E-state index >= 15 is 0 Å². The van der Waals surface area contributed by atoms with Crippen LogP contribution in [0.3, 0.4) is 0 Å². The molecule has 4 rings (SSSR count). The van der Waals surface area contributed by atoms with Crippen molar-refractivity contribution in [1.29, 1.82) is 0 Å². The van der Waals surface area contributed by atoms with Crippen molar-refractivity contribution in [3.05, 3.63) is 87.6 Å². The molecule has 0 unspecified atom stereocenters. The van der Waals surface area contributed by atoms with Crippen LogP contribution in [0.2, 0.25) is 0 Å². The molecule has 1 N–H and O–H groups in total. The lowest BCUT2D eigenvalue weighted by Crippen LogP contribution is -2.46. The molecule has 52 heavy (non-hydrogen) atoms. The fraction of sp³-hybridized carbons (Fsp3) is 0.537. The summed E-state index contributed by atoms with van der Waals surface area (Å²) in [4.78, 5) is 62.3. The van der Waals surface area contributed by atoms with Crippen molar-refractivity contribution in [3.8, 4) is 0 Å². The fourth-order valence-electron chi connectivity index (χ4n) is 7.23. The molecule has 1 fully saturated rings. The van der Waals surface area contributed by atoms with E-state index in [0.29, 0.717) is 22.9 Å². The number of thiazole rings is 1. The summed E-state index contributed by atoms with van der Waals surface area (Å²) in [5.74, 6) is -2.02. The highest BCUT2D eigenvalue weighted by Crippen LogP contribution is 2.33. The summed E-state index contributed by atoms with van der Waals surface area (Å²) in [6.45, 7) is 10.4. The number of halogens is 1. The molecule has 1 aliphatic heterocycles. The lowest BCUT2D eigenvalue weighted by atomic mass is 9.86. The summed E-state index contributed by atoms with van der Waals surface area (Å²) in [5.41, 5.74) is 1.95. The second-order valence-corrected chi connectivity index (χ2v) is 15.8. The molecule has 2 aromatic carbocycles. The highest BCUT2D eigenvalue weighted by atomic mass is 32.1. The van der Waals surface area contributed by atoms with Crippen LogP contribution in [0.1, 0.15) is 112 Å². The van der Waals surface area contributed by atoms with Crippen molar-refractivity contribution in [2.45, 2.75) is 110 Å². The smallest absolute Gasteiger partial charge is 0.303 e. The minimum absolute atomic E-state index is 0.00493. The maximum absolute atomic E-state index is 14.4. The van der Waals surface area contributed by atoms with Gasteiger partial charge in [-0.25, -0.2) is 9.37 Å².